The number of hydrazone groups is 2. The first-order chi connectivity index (χ1) is 28.8. The minimum Gasteiger partial charge on any atom is -0.497 e. The van der Waals surface area contributed by atoms with Crippen molar-refractivity contribution >= 4 is 26.2 Å². The van der Waals surface area contributed by atoms with E-state index in [9.17, 15) is 9.90 Å². The highest BCUT2D eigenvalue weighted by Gasteiger charge is 2.53. The number of hydrogen-bond donors (Lipinski definition) is 1. The number of aliphatic hydroxyl groups is 1. The summed E-state index contributed by atoms with van der Waals surface area (Å²) < 4.78 is 32.4. The standard InChI is InChI=1S/C48H54N4O7Si/c1-47(2,3)60(6,7)59-44-43(53)41(31-57-48(35-16-12-9-13-17-35,36-20-24-38(55-4)25-21-36)37-22-26-39(56-5)27-23-37)58-46(44)52-30-34-19-18-33-29-51(49-28-40(50-52)42(33)34)45(54)32-14-10-8-11-15-32/h8-17,20-28,30,41,43-44,46,53H,18-19,29,31H2,1-7H3/t41-,43-,44-,46-/m1/s1. The number of amides is 1. The monoisotopic (exact) mass is 826 g/mol. The molecule has 4 aromatic rings. The molecule has 60 heavy (non-hydrogen) atoms. The average molecular weight is 827 g/mol. The molecule has 3 heterocycles. The summed E-state index contributed by atoms with van der Waals surface area (Å²) >= 11 is 0. The van der Waals surface area contributed by atoms with Gasteiger partial charge in [-0.05, 0) is 95.2 Å². The van der Waals surface area contributed by atoms with Crippen LogP contribution in [0.4, 0.5) is 0 Å². The molecule has 12 heteroatoms. The summed E-state index contributed by atoms with van der Waals surface area (Å²) in [5, 5.41) is 25.3. The van der Waals surface area contributed by atoms with E-state index in [1.165, 1.54) is 5.01 Å². The van der Waals surface area contributed by atoms with Crippen LogP contribution in [0, 0.1) is 0 Å². The van der Waals surface area contributed by atoms with Gasteiger partial charge in [0.05, 0.1) is 33.6 Å². The van der Waals surface area contributed by atoms with Gasteiger partial charge in [0.25, 0.3) is 5.91 Å². The summed E-state index contributed by atoms with van der Waals surface area (Å²) in [5.41, 5.74) is 5.95. The zero-order chi connectivity index (χ0) is 42.2. The molecule has 4 atom stereocenters. The van der Waals surface area contributed by atoms with Crippen LogP contribution in [0.1, 0.15) is 60.7 Å². The lowest BCUT2D eigenvalue weighted by atomic mass is 9.80. The minimum absolute atomic E-state index is 0.0102. The number of allylic oxidation sites excluding steroid dienone is 2. The van der Waals surface area contributed by atoms with Crippen LogP contribution < -0.4 is 9.47 Å². The number of aliphatic hydroxyl groups excluding tert-OH is 1. The van der Waals surface area contributed by atoms with Crippen LogP contribution in [0.2, 0.25) is 18.1 Å². The van der Waals surface area contributed by atoms with Gasteiger partial charge in [0.15, 0.2) is 14.5 Å². The molecule has 0 bridgehead atoms. The van der Waals surface area contributed by atoms with E-state index in [0.29, 0.717) is 17.8 Å². The van der Waals surface area contributed by atoms with Crippen LogP contribution in [0.15, 0.2) is 142 Å². The molecule has 11 nitrogen and oxygen atoms in total. The van der Waals surface area contributed by atoms with E-state index in [1.807, 2.05) is 103 Å². The van der Waals surface area contributed by atoms with Gasteiger partial charge in [0.2, 0.25) is 0 Å². The minimum atomic E-state index is -2.48. The highest BCUT2D eigenvalue weighted by Crippen LogP contribution is 2.45. The molecule has 1 aliphatic carbocycles. The topological polar surface area (TPSA) is 115 Å². The predicted molar refractivity (Wildman–Crippen MR) is 235 cm³/mol. The maximum absolute atomic E-state index is 13.5. The van der Waals surface area contributed by atoms with Crippen LogP contribution >= 0.6 is 0 Å². The Kier molecular flexibility index (Phi) is 11.4. The van der Waals surface area contributed by atoms with Gasteiger partial charge >= 0.3 is 0 Å². The maximum Gasteiger partial charge on any atom is 0.274 e. The number of methoxy groups -OCH3 is 2. The van der Waals surface area contributed by atoms with Crippen molar-refractivity contribution in [2.75, 3.05) is 27.4 Å². The molecule has 1 fully saturated rings. The first-order valence-corrected chi connectivity index (χ1v) is 23.4. The number of carbonyl (C=O) groups is 1. The summed E-state index contributed by atoms with van der Waals surface area (Å²) in [6.45, 7) is 11.3. The zero-order valence-corrected chi connectivity index (χ0v) is 36.4. The van der Waals surface area contributed by atoms with Crippen molar-refractivity contribution in [2.45, 2.75) is 81.9 Å². The van der Waals surface area contributed by atoms with Gasteiger partial charge < -0.3 is 28.5 Å². The summed E-state index contributed by atoms with van der Waals surface area (Å²) in [6, 6.07) is 35.0. The van der Waals surface area contributed by atoms with Crippen LogP contribution in [0.3, 0.4) is 0 Å². The third-order valence-corrected chi connectivity index (χ3v) is 17.0. The predicted octanol–water partition coefficient (Wildman–Crippen LogP) is 8.28. The fourth-order valence-electron chi connectivity index (χ4n) is 8.17. The second-order valence-electron chi connectivity index (χ2n) is 17.2. The van der Waals surface area contributed by atoms with E-state index in [-0.39, 0.29) is 17.6 Å². The first-order valence-electron chi connectivity index (χ1n) is 20.5. The summed E-state index contributed by atoms with van der Waals surface area (Å²) in [6.07, 6.45) is 1.81. The number of rotatable bonds is 12. The fraction of sp³-hybridized carbons (Fsp3) is 0.354. The molecule has 1 saturated heterocycles. The van der Waals surface area contributed by atoms with E-state index < -0.39 is 38.5 Å². The number of benzene rings is 4. The van der Waals surface area contributed by atoms with Crippen molar-refractivity contribution in [2.24, 2.45) is 10.2 Å². The Hall–Kier alpha value is -5.37. The third-order valence-electron chi connectivity index (χ3n) is 12.5. The zero-order valence-electron chi connectivity index (χ0n) is 35.4. The SMILES string of the molecule is COc1ccc(C(OC[C@H]2O[C@@H](N3C=C4CCC5=C4C(=N3)C=NN(C(=O)c3ccccc3)C5)[C@H](O[Si](C)(C)C(C)(C)C)[C@@H]2O)(c2ccccc2)c2ccc(OC)cc2)cc1. The fourth-order valence-corrected chi connectivity index (χ4v) is 9.46. The Morgan fingerprint density at radius 2 is 1.42 bits per heavy atom. The highest BCUT2D eigenvalue weighted by molar-refractivity contribution is 6.74. The van der Waals surface area contributed by atoms with Crippen LogP contribution in [-0.2, 0) is 19.5 Å². The Morgan fingerprint density at radius 1 is 0.833 bits per heavy atom. The van der Waals surface area contributed by atoms with Crippen LogP contribution in [0.5, 0.6) is 11.5 Å². The molecular weight excluding hydrogens is 773 g/mol. The van der Waals surface area contributed by atoms with Gasteiger partial charge in [-0.2, -0.15) is 10.2 Å². The third kappa shape index (κ3) is 7.74. The molecule has 0 unspecified atom stereocenters. The molecule has 3 aliphatic heterocycles. The van der Waals surface area contributed by atoms with Gasteiger partial charge in [0.1, 0.15) is 41.1 Å². The number of nitrogens with zero attached hydrogens (tertiary/aromatic N) is 4. The average Bonchev–Trinajstić information content (AvgIpc) is 3.74. The molecule has 4 aromatic carbocycles. The quantitative estimate of drug-likeness (QED) is 0.112. The molecular formula is C48H54N4O7Si. The Labute approximate surface area is 353 Å². The Bertz CT molecular complexity index is 2260. The largest absolute Gasteiger partial charge is 0.497 e. The Balaban J connectivity index is 1.16. The van der Waals surface area contributed by atoms with E-state index in [1.54, 1.807) is 37.6 Å². The lowest BCUT2D eigenvalue weighted by molar-refractivity contribution is -0.107. The molecule has 0 saturated carbocycles. The summed E-state index contributed by atoms with van der Waals surface area (Å²) in [4.78, 5) is 13.5. The van der Waals surface area contributed by atoms with Crippen molar-refractivity contribution < 1.29 is 33.3 Å². The molecule has 0 radical (unpaired) electrons. The van der Waals surface area contributed by atoms with E-state index >= 15 is 0 Å². The van der Waals surface area contributed by atoms with E-state index in [4.69, 9.17) is 28.5 Å². The van der Waals surface area contributed by atoms with Crippen molar-refractivity contribution in [1.82, 2.24) is 10.0 Å². The van der Waals surface area contributed by atoms with Crippen molar-refractivity contribution in [3.8, 4) is 11.5 Å². The first kappa shape index (κ1) is 41.4. The number of carbonyl (C=O) groups excluding carboxylic acids is 1. The normalized spacial score (nSPS) is 21.7. The van der Waals surface area contributed by atoms with Crippen molar-refractivity contribution in [1.29, 1.82) is 0 Å². The summed E-state index contributed by atoms with van der Waals surface area (Å²) in [7, 11) is 0.815. The second-order valence-corrected chi connectivity index (χ2v) is 21.9. The number of hydrogen-bond acceptors (Lipinski definition) is 10. The smallest absolute Gasteiger partial charge is 0.274 e. The maximum atomic E-state index is 13.5. The van der Waals surface area contributed by atoms with Gasteiger partial charge in [-0.3, -0.25) is 4.79 Å². The molecule has 1 N–H and O–H groups in total. The molecule has 8 rings (SSSR count). The van der Waals surface area contributed by atoms with Gasteiger partial charge in [0, 0.05) is 17.3 Å². The molecule has 0 spiro atoms. The molecule has 1 amide bonds. The number of ether oxygens (including phenoxy) is 4. The van der Waals surface area contributed by atoms with Gasteiger partial charge in [-0.15, -0.1) is 0 Å². The van der Waals surface area contributed by atoms with Gasteiger partial charge in [-0.25, -0.2) is 10.0 Å². The highest BCUT2D eigenvalue weighted by atomic mass is 28.4. The lowest BCUT2D eigenvalue weighted by Gasteiger charge is -2.41. The van der Waals surface area contributed by atoms with E-state index in [2.05, 4.69) is 39.0 Å². The lowest BCUT2D eigenvalue weighted by Crippen LogP contribution is -2.52. The molecule has 312 valence electrons. The molecule has 4 aliphatic rings. The van der Waals surface area contributed by atoms with E-state index in [0.717, 1.165) is 57.8 Å². The second kappa shape index (κ2) is 16.6. The Morgan fingerprint density at radius 3 is 2.00 bits per heavy atom. The van der Waals surface area contributed by atoms with Crippen molar-refractivity contribution in [3.05, 3.63) is 154 Å². The van der Waals surface area contributed by atoms with Crippen LogP contribution in [-0.4, -0.2) is 93.2 Å². The van der Waals surface area contributed by atoms with Crippen molar-refractivity contribution in [3.63, 3.8) is 0 Å². The van der Waals surface area contributed by atoms with Crippen LogP contribution in [0.25, 0.3) is 0 Å². The van der Waals surface area contributed by atoms with Gasteiger partial charge in [-0.1, -0.05) is 93.6 Å². The summed E-state index contributed by atoms with van der Waals surface area (Å²) in [5.74, 6) is 1.27. The molecule has 0 aromatic heterocycles.